The molecular formula is C14H22FNO. The number of rotatable bonds is 7. The van der Waals surface area contributed by atoms with Crippen LogP contribution in [0.4, 0.5) is 4.39 Å². The van der Waals surface area contributed by atoms with Gasteiger partial charge in [0.05, 0.1) is 6.61 Å². The zero-order chi connectivity index (χ0) is 12.7. The van der Waals surface area contributed by atoms with Gasteiger partial charge >= 0.3 is 0 Å². The molecule has 1 rings (SSSR count). The Morgan fingerprint density at radius 1 is 1.29 bits per heavy atom. The molecule has 0 fully saturated rings. The van der Waals surface area contributed by atoms with Crippen LogP contribution in [0, 0.1) is 5.82 Å². The minimum atomic E-state index is -0.214. The van der Waals surface area contributed by atoms with Crippen LogP contribution in [0.1, 0.15) is 45.2 Å². The molecule has 0 bridgehead atoms. The van der Waals surface area contributed by atoms with Crippen molar-refractivity contribution in [3.8, 4) is 5.75 Å². The lowest BCUT2D eigenvalue weighted by Crippen LogP contribution is -2.20. The molecule has 0 radical (unpaired) electrons. The van der Waals surface area contributed by atoms with Crippen molar-refractivity contribution in [2.45, 2.75) is 39.7 Å². The molecular weight excluding hydrogens is 217 g/mol. The number of hydrogen-bond donors (Lipinski definition) is 1. The lowest BCUT2D eigenvalue weighted by molar-refractivity contribution is 0.310. The standard InChI is InChI=1S/C14H22FNO/c1-4-8-16-11(3)13-10-12(15)6-7-14(13)17-9-5-2/h6-7,10-11,16H,4-5,8-9H2,1-3H3. The summed E-state index contributed by atoms with van der Waals surface area (Å²) < 4.78 is 18.9. The van der Waals surface area contributed by atoms with Crippen LogP contribution in [0.5, 0.6) is 5.75 Å². The first-order valence-corrected chi connectivity index (χ1v) is 6.34. The maximum Gasteiger partial charge on any atom is 0.124 e. The molecule has 1 aromatic carbocycles. The van der Waals surface area contributed by atoms with E-state index in [1.165, 1.54) is 6.07 Å². The molecule has 0 aliphatic heterocycles. The van der Waals surface area contributed by atoms with Gasteiger partial charge in [-0.1, -0.05) is 13.8 Å². The van der Waals surface area contributed by atoms with E-state index in [4.69, 9.17) is 4.74 Å². The van der Waals surface area contributed by atoms with E-state index >= 15 is 0 Å². The average Bonchev–Trinajstić information content (AvgIpc) is 2.34. The summed E-state index contributed by atoms with van der Waals surface area (Å²) in [5.74, 6) is 0.568. The first kappa shape index (κ1) is 14.0. The van der Waals surface area contributed by atoms with Crippen LogP contribution in [0.3, 0.4) is 0 Å². The number of benzene rings is 1. The summed E-state index contributed by atoms with van der Waals surface area (Å²) in [4.78, 5) is 0. The first-order valence-electron chi connectivity index (χ1n) is 6.34. The zero-order valence-corrected chi connectivity index (χ0v) is 10.9. The van der Waals surface area contributed by atoms with Gasteiger partial charge < -0.3 is 10.1 Å². The van der Waals surface area contributed by atoms with E-state index in [-0.39, 0.29) is 11.9 Å². The summed E-state index contributed by atoms with van der Waals surface area (Å²) in [6.07, 6.45) is 2.01. The maximum absolute atomic E-state index is 13.3. The summed E-state index contributed by atoms with van der Waals surface area (Å²) in [6, 6.07) is 4.82. The highest BCUT2D eigenvalue weighted by Gasteiger charge is 2.12. The summed E-state index contributed by atoms with van der Waals surface area (Å²) in [5, 5.41) is 3.35. The second-order valence-electron chi connectivity index (χ2n) is 4.21. The predicted octanol–water partition coefficient (Wildman–Crippen LogP) is 3.68. The number of nitrogens with one attached hydrogen (secondary N) is 1. The Labute approximate surface area is 103 Å². The van der Waals surface area contributed by atoms with Gasteiger partial charge in [-0.15, -0.1) is 0 Å². The molecule has 1 unspecified atom stereocenters. The Morgan fingerprint density at radius 2 is 2.06 bits per heavy atom. The molecule has 1 N–H and O–H groups in total. The molecule has 96 valence electrons. The molecule has 17 heavy (non-hydrogen) atoms. The van der Waals surface area contributed by atoms with E-state index in [2.05, 4.69) is 19.2 Å². The van der Waals surface area contributed by atoms with Gasteiger partial charge in [-0.05, 0) is 44.5 Å². The van der Waals surface area contributed by atoms with E-state index in [1.807, 2.05) is 6.92 Å². The van der Waals surface area contributed by atoms with Gasteiger partial charge in [0.1, 0.15) is 11.6 Å². The molecule has 2 nitrogen and oxygen atoms in total. The third kappa shape index (κ3) is 4.35. The average molecular weight is 239 g/mol. The summed E-state index contributed by atoms with van der Waals surface area (Å²) in [7, 11) is 0. The van der Waals surface area contributed by atoms with Crippen LogP contribution < -0.4 is 10.1 Å². The quantitative estimate of drug-likeness (QED) is 0.783. The minimum Gasteiger partial charge on any atom is -0.493 e. The topological polar surface area (TPSA) is 21.3 Å². The number of ether oxygens (including phenoxy) is 1. The van der Waals surface area contributed by atoms with Crippen LogP contribution in [0.15, 0.2) is 18.2 Å². The van der Waals surface area contributed by atoms with Crippen molar-refractivity contribution in [2.75, 3.05) is 13.2 Å². The molecule has 0 saturated carbocycles. The lowest BCUT2D eigenvalue weighted by Gasteiger charge is -2.18. The fourth-order valence-corrected chi connectivity index (χ4v) is 1.67. The van der Waals surface area contributed by atoms with Gasteiger partial charge in [0.25, 0.3) is 0 Å². The lowest BCUT2D eigenvalue weighted by atomic mass is 10.1. The highest BCUT2D eigenvalue weighted by Crippen LogP contribution is 2.26. The highest BCUT2D eigenvalue weighted by atomic mass is 19.1. The second kappa shape index (κ2) is 7.28. The summed E-state index contributed by atoms with van der Waals surface area (Å²) >= 11 is 0. The summed E-state index contributed by atoms with van der Waals surface area (Å²) in [5.41, 5.74) is 0.895. The molecule has 0 aromatic heterocycles. The molecule has 1 aromatic rings. The van der Waals surface area contributed by atoms with Gasteiger partial charge in [-0.2, -0.15) is 0 Å². The van der Waals surface area contributed by atoms with Crippen LogP contribution in [-0.2, 0) is 0 Å². The number of halogens is 1. The molecule has 3 heteroatoms. The molecule has 1 atom stereocenters. The Kier molecular flexibility index (Phi) is 5.98. The molecule has 0 saturated heterocycles. The van der Waals surface area contributed by atoms with Crippen molar-refractivity contribution < 1.29 is 9.13 Å². The normalized spacial score (nSPS) is 12.5. The zero-order valence-electron chi connectivity index (χ0n) is 10.9. The van der Waals surface area contributed by atoms with E-state index in [0.29, 0.717) is 6.61 Å². The molecule has 0 spiro atoms. The van der Waals surface area contributed by atoms with Crippen molar-refractivity contribution in [1.29, 1.82) is 0 Å². The fourth-order valence-electron chi connectivity index (χ4n) is 1.67. The third-order valence-electron chi connectivity index (χ3n) is 2.60. The Hall–Kier alpha value is -1.09. The van der Waals surface area contributed by atoms with Crippen molar-refractivity contribution >= 4 is 0 Å². The molecule has 0 aliphatic rings. The van der Waals surface area contributed by atoms with Crippen LogP contribution in [0.2, 0.25) is 0 Å². The highest BCUT2D eigenvalue weighted by molar-refractivity contribution is 5.36. The molecule has 0 heterocycles. The van der Waals surface area contributed by atoms with Crippen molar-refractivity contribution in [1.82, 2.24) is 5.32 Å². The monoisotopic (exact) mass is 239 g/mol. The Morgan fingerprint density at radius 3 is 2.71 bits per heavy atom. The van der Waals surface area contributed by atoms with Crippen LogP contribution in [0.25, 0.3) is 0 Å². The Bertz CT molecular complexity index is 341. The van der Waals surface area contributed by atoms with E-state index in [9.17, 15) is 4.39 Å². The number of hydrogen-bond acceptors (Lipinski definition) is 2. The van der Waals surface area contributed by atoms with Crippen LogP contribution in [-0.4, -0.2) is 13.2 Å². The minimum absolute atomic E-state index is 0.109. The van der Waals surface area contributed by atoms with E-state index in [1.54, 1.807) is 12.1 Å². The molecule has 0 aliphatic carbocycles. The predicted molar refractivity (Wildman–Crippen MR) is 68.9 cm³/mol. The third-order valence-corrected chi connectivity index (χ3v) is 2.60. The van der Waals surface area contributed by atoms with Gasteiger partial charge in [0.2, 0.25) is 0 Å². The molecule has 0 amide bonds. The van der Waals surface area contributed by atoms with Crippen molar-refractivity contribution in [3.05, 3.63) is 29.6 Å². The fraction of sp³-hybridized carbons (Fsp3) is 0.571. The Balaban J connectivity index is 2.81. The van der Waals surface area contributed by atoms with Gasteiger partial charge in [-0.25, -0.2) is 4.39 Å². The van der Waals surface area contributed by atoms with E-state index < -0.39 is 0 Å². The van der Waals surface area contributed by atoms with Gasteiger partial charge in [-0.3, -0.25) is 0 Å². The van der Waals surface area contributed by atoms with E-state index in [0.717, 1.165) is 30.7 Å². The SMILES string of the molecule is CCCNC(C)c1cc(F)ccc1OCCC. The largest absolute Gasteiger partial charge is 0.493 e. The maximum atomic E-state index is 13.3. The smallest absolute Gasteiger partial charge is 0.124 e. The van der Waals surface area contributed by atoms with Crippen LogP contribution >= 0.6 is 0 Å². The van der Waals surface area contributed by atoms with Gasteiger partial charge in [0.15, 0.2) is 0 Å². The summed E-state index contributed by atoms with van der Waals surface area (Å²) in [6.45, 7) is 7.79. The first-order chi connectivity index (χ1) is 8.19. The second-order valence-corrected chi connectivity index (χ2v) is 4.21. The van der Waals surface area contributed by atoms with Gasteiger partial charge in [0, 0.05) is 11.6 Å². The van der Waals surface area contributed by atoms with Crippen molar-refractivity contribution in [2.24, 2.45) is 0 Å². The van der Waals surface area contributed by atoms with Crippen molar-refractivity contribution in [3.63, 3.8) is 0 Å².